The van der Waals surface area contributed by atoms with E-state index in [-0.39, 0.29) is 11.8 Å². The van der Waals surface area contributed by atoms with Crippen LogP contribution in [0.1, 0.15) is 20.3 Å². The van der Waals surface area contributed by atoms with Gasteiger partial charge in [-0.05, 0) is 20.3 Å². The number of likely N-dealkylation sites (tertiary alicyclic amines) is 1. The van der Waals surface area contributed by atoms with Crippen molar-refractivity contribution in [2.24, 2.45) is 0 Å². The molecule has 0 spiro atoms. The van der Waals surface area contributed by atoms with Crippen molar-refractivity contribution < 1.29 is 14.4 Å². The van der Waals surface area contributed by atoms with Crippen molar-refractivity contribution in [3.63, 3.8) is 0 Å². The maximum Gasteiger partial charge on any atom is 0.325 e. The molecule has 16 heavy (non-hydrogen) atoms. The minimum Gasteiger partial charge on any atom is -0.344 e. The van der Waals surface area contributed by atoms with E-state index in [0.29, 0.717) is 13.0 Å². The van der Waals surface area contributed by atoms with E-state index in [4.69, 9.17) is 0 Å². The molecule has 4 amide bonds. The first kappa shape index (κ1) is 10.9. The molecule has 1 atom stereocenters. The summed E-state index contributed by atoms with van der Waals surface area (Å²) in [6.07, 6.45) is 0.518. The number of rotatable bonds is 1. The number of hydrogen-bond donors (Lipinski definition) is 1. The summed E-state index contributed by atoms with van der Waals surface area (Å²) in [5.74, 6) is -0.493. The monoisotopic (exact) mass is 225 g/mol. The van der Waals surface area contributed by atoms with Crippen LogP contribution in [0, 0.1) is 0 Å². The number of nitrogens with zero attached hydrogens (tertiary/aromatic N) is 2. The van der Waals surface area contributed by atoms with Gasteiger partial charge in [0.05, 0.1) is 0 Å². The quantitative estimate of drug-likeness (QED) is 0.614. The zero-order valence-electron chi connectivity index (χ0n) is 9.61. The van der Waals surface area contributed by atoms with E-state index >= 15 is 0 Å². The van der Waals surface area contributed by atoms with Gasteiger partial charge in [0.2, 0.25) is 5.91 Å². The van der Waals surface area contributed by atoms with Crippen LogP contribution in [0.4, 0.5) is 4.79 Å². The molecule has 0 aromatic carbocycles. The Morgan fingerprint density at radius 3 is 2.31 bits per heavy atom. The van der Waals surface area contributed by atoms with E-state index in [0.717, 1.165) is 4.90 Å². The van der Waals surface area contributed by atoms with Gasteiger partial charge in [-0.25, -0.2) is 9.69 Å². The van der Waals surface area contributed by atoms with Gasteiger partial charge in [-0.3, -0.25) is 9.59 Å². The van der Waals surface area contributed by atoms with Gasteiger partial charge in [-0.1, -0.05) is 0 Å². The second-order valence-electron chi connectivity index (χ2n) is 4.79. The van der Waals surface area contributed by atoms with Crippen molar-refractivity contribution in [2.45, 2.75) is 31.8 Å². The third-order valence-electron chi connectivity index (χ3n) is 3.10. The molecule has 6 heteroatoms. The molecule has 1 unspecified atom stereocenters. The van der Waals surface area contributed by atoms with E-state index in [1.807, 2.05) is 0 Å². The summed E-state index contributed by atoms with van der Waals surface area (Å²) in [7, 11) is 1.67. The molecule has 88 valence electrons. The zero-order valence-corrected chi connectivity index (χ0v) is 9.61. The topological polar surface area (TPSA) is 69.7 Å². The van der Waals surface area contributed by atoms with Crippen LogP contribution in [-0.2, 0) is 9.59 Å². The Morgan fingerprint density at radius 2 is 1.94 bits per heavy atom. The van der Waals surface area contributed by atoms with Crippen LogP contribution < -0.4 is 5.32 Å². The molecule has 0 saturated carbocycles. The molecule has 0 aromatic heterocycles. The number of likely N-dealkylation sites (N-methyl/N-ethyl adjacent to an activating group) is 1. The number of imide groups is 1. The molecule has 2 aliphatic heterocycles. The smallest absolute Gasteiger partial charge is 0.325 e. The molecule has 0 bridgehead atoms. The van der Waals surface area contributed by atoms with Crippen molar-refractivity contribution in [1.29, 1.82) is 0 Å². The van der Waals surface area contributed by atoms with Crippen LogP contribution in [0.25, 0.3) is 0 Å². The van der Waals surface area contributed by atoms with Gasteiger partial charge in [0.15, 0.2) is 0 Å². The summed E-state index contributed by atoms with van der Waals surface area (Å²) < 4.78 is 0. The number of carbonyl (C=O) groups is 3. The Morgan fingerprint density at radius 1 is 1.31 bits per heavy atom. The van der Waals surface area contributed by atoms with Crippen molar-refractivity contribution in [3.05, 3.63) is 0 Å². The van der Waals surface area contributed by atoms with Crippen molar-refractivity contribution in [2.75, 3.05) is 13.6 Å². The highest BCUT2D eigenvalue weighted by Crippen LogP contribution is 2.24. The maximum absolute atomic E-state index is 11.9. The summed E-state index contributed by atoms with van der Waals surface area (Å²) in [5.41, 5.74) is -0.904. The summed E-state index contributed by atoms with van der Waals surface area (Å²) in [5, 5.41) is 2.57. The van der Waals surface area contributed by atoms with Crippen LogP contribution in [0.2, 0.25) is 0 Å². The molecule has 0 aromatic rings. The van der Waals surface area contributed by atoms with Crippen LogP contribution in [-0.4, -0.2) is 52.8 Å². The summed E-state index contributed by atoms with van der Waals surface area (Å²) >= 11 is 0. The number of nitrogens with one attached hydrogen (secondary N) is 1. The fourth-order valence-corrected chi connectivity index (χ4v) is 2.10. The van der Waals surface area contributed by atoms with Gasteiger partial charge in [-0.2, -0.15) is 0 Å². The highest BCUT2D eigenvalue weighted by Gasteiger charge is 2.50. The Hall–Kier alpha value is -1.59. The molecule has 6 nitrogen and oxygen atoms in total. The van der Waals surface area contributed by atoms with Crippen LogP contribution in [0.5, 0.6) is 0 Å². The number of urea groups is 1. The number of amides is 4. The van der Waals surface area contributed by atoms with Crippen LogP contribution in [0.3, 0.4) is 0 Å². The van der Waals surface area contributed by atoms with E-state index in [1.54, 1.807) is 20.9 Å². The molecule has 2 rings (SSSR count). The fourth-order valence-electron chi connectivity index (χ4n) is 2.10. The third kappa shape index (κ3) is 1.36. The van der Waals surface area contributed by atoms with Gasteiger partial charge < -0.3 is 10.2 Å². The van der Waals surface area contributed by atoms with Gasteiger partial charge in [-0.15, -0.1) is 0 Å². The average molecular weight is 225 g/mol. The minimum absolute atomic E-state index is 0.166. The zero-order chi connectivity index (χ0) is 12.1. The molecule has 2 saturated heterocycles. The highest BCUT2D eigenvalue weighted by atomic mass is 16.2. The van der Waals surface area contributed by atoms with E-state index in [9.17, 15) is 14.4 Å². The highest BCUT2D eigenvalue weighted by molar-refractivity contribution is 6.09. The van der Waals surface area contributed by atoms with Crippen LogP contribution in [0.15, 0.2) is 0 Å². The first-order valence-electron chi connectivity index (χ1n) is 5.25. The molecule has 2 heterocycles. The van der Waals surface area contributed by atoms with Gasteiger partial charge in [0.1, 0.15) is 11.6 Å². The molecule has 1 N–H and O–H groups in total. The summed E-state index contributed by atoms with van der Waals surface area (Å²) in [6, 6.07) is -1.09. The normalized spacial score (nSPS) is 28.9. The van der Waals surface area contributed by atoms with Crippen LogP contribution >= 0.6 is 0 Å². The van der Waals surface area contributed by atoms with E-state index in [1.165, 1.54) is 4.90 Å². The summed E-state index contributed by atoms with van der Waals surface area (Å²) in [4.78, 5) is 38.0. The average Bonchev–Trinajstić information content (AvgIpc) is 2.57. The van der Waals surface area contributed by atoms with E-state index in [2.05, 4.69) is 5.32 Å². The second-order valence-corrected chi connectivity index (χ2v) is 4.79. The van der Waals surface area contributed by atoms with Gasteiger partial charge >= 0.3 is 6.03 Å². The first-order chi connectivity index (χ1) is 7.34. The lowest BCUT2D eigenvalue weighted by Crippen LogP contribution is -2.46. The predicted molar refractivity (Wildman–Crippen MR) is 55.5 cm³/mol. The second kappa shape index (κ2) is 3.20. The van der Waals surface area contributed by atoms with Crippen molar-refractivity contribution in [3.8, 4) is 0 Å². The fraction of sp³-hybridized carbons (Fsp3) is 0.700. The standard InChI is InChI=1S/C10H15N3O3/c1-10(2)8(15)13(9(16)11-10)6-4-5-12(3)7(6)14/h6H,4-5H2,1-3H3,(H,11,16). The Kier molecular flexibility index (Phi) is 2.18. The lowest BCUT2D eigenvalue weighted by atomic mass is 10.1. The molecule has 2 fully saturated rings. The third-order valence-corrected chi connectivity index (χ3v) is 3.10. The number of hydrogen-bond acceptors (Lipinski definition) is 3. The van der Waals surface area contributed by atoms with E-state index < -0.39 is 17.6 Å². The first-order valence-corrected chi connectivity index (χ1v) is 5.25. The van der Waals surface area contributed by atoms with Crippen molar-refractivity contribution in [1.82, 2.24) is 15.1 Å². The molecule has 2 aliphatic rings. The number of carbonyl (C=O) groups excluding carboxylic acids is 3. The maximum atomic E-state index is 11.9. The Balaban J connectivity index is 2.26. The Labute approximate surface area is 93.6 Å². The largest absolute Gasteiger partial charge is 0.344 e. The van der Waals surface area contributed by atoms with Gasteiger partial charge in [0.25, 0.3) is 5.91 Å². The molecular weight excluding hydrogens is 210 g/mol. The Bertz CT molecular complexity index is 378. The lowest BCUT2D eigenvalue weighted by Gasteiger charge is -2.20. The molecular formula is C10H15N3O3. The predicted octanol–water partition coefficient (Wildman–Crippen LogP) is -0.452. The minimum atomic E-state index is -0.904. The summed E-state index contributed by atoms with van der Waals surface area (Å²) in [6.45, 7) is 3.85. The SMILES string of the molecule is CN1CCC(N2C(=O)NC(C)(C)C2=O)C1=O. The van der Waals surface area contributed by atoms with Crippen molar-refractivity contribution >= 4 is 17.8 Å². The molecule has 0 aliphatic carbocycles. The lowest BCUT2D eigenvalue weighted by molar-refractivity contribution is -0.138. The van der Waals surface area contributed by atoms with Gasteiger partial charge in [0, 0.05) is 13.6 Å². The molecule has 0 radical (unpaired) electrons.